The summed E-state index contributed by atoms with van der Waals surface area (Å²) >= 11 is 0. The van der Waals surface area contributed by atoms with Gasteiger partial charge in [0.05, 0.1) is 30.5 Å². The third-order valence-electron chi connectivity index (χ3n) is 4.93. The fraction of sp³-hybridized carbons (Fsp3) is 0.333. The highest BCUT2D eigenvalue weighted by Crippen LogP contribution is 2.28. The van der Waals surface area contributed by atoms with Gasteiger partial charge >= 0.3 is 0 Å². The Morgan fingerprint density at radius 2 is 1.89 bits per heavy atom. The topological polar surface area (TPSA) is 68.6 Å². The van der Waals surface area contributed by atoms with E-state index in [-0.39, 0.29) is 11.9 Å². The van der Waals surface area contributed by atoms with Gasteiger partial charge in [0, 0.05) is 31.9 Å². The summed E-state index contributed by atoms with van der Waals surface area (Å²) in [6, 6.07) is 16.8. The highest BCUT2D eigenvalue weighted by Gasteiger charge is 2.26. The predicted molar refractivity (Wildman–Crippen MR) is 106 cm³/mol. The molecule has 1 amide bonds. The van der Waals surface area contributed by atoms with Crippen LogP contribution in [-0.2, 0) is 4.79 Å². The molecule has 1 atom stereocenters. The van der Waals surface area contributed by atoms with Gasteiger partial charge in [-0.3, -0.25) is 9.69 Å². The molecule has 3 rings (SSSR count). The van der Waals surface area contributed by atoms with Gasteiger partial charge in [-0.05, 0) is 37.3 Å². The number of methoxy groups -OCH3 is 1. The van der Waals surface area contributed by atoms with Crippen LogP contribution in [0.2, 0.25) is 0 Å². The molecule has 1 unspecified atom stereocenters. The van der Waals surface area contributed by atoms with Crippen LogP contribution in [0, 0.1) is 11.3 Å². The molecule has 0 spiro atoms. The van der Waals surface area contributed by atoms with Crippen LogP contribution >= 0.6 is 0 Å². The second-order valence-electron chi connectivity index (χ2n) is 6.55. The van der Waals surface area contributed by atoms with E-state index in [0.29, 0.717) is 11.3 Å². The van der Waals surface area contributed by atoms with Crippen LogP contribution in [-0.4, -0.2) is 50.1 Å². The number of benzene rings is 2. The van der Waals surface area contributed by atoms with Crippen LogP contribution in [0.4, 0.5) is 11.4 Å². The molecule has 27 heavy (non-hydrogen) atoms. The molecule has 0 bridgehead atoms. The lowest BCUT2D eigenvalue weighted by atomic mass is 10.1. The molecule has 1 fully saturated rings. The van der Waals surface area contributed by atoms with Crippen LogP contribution in [0.25, 0.3) is 0 Å². The third kappa shape index (κ3) is 4.39. The average molecular weight is 364 g/mol. The van der Waals surface area contributed by atoms with Crippen molar-refractivity contribution >= 4 is 17.3 Å². The maximum atomic E-state index is 12.6. The van der Waals surface area contributed by atoms with Gasteiger partial charge in [-0.25, -0.2) is 0 Å². The van der Waals surface area contributed by atoms with E-state index >= 15 is 0 Å². The second kappa shape index (κ2) is 8.56. The van der Waals surface area contributed by atoms with Gasteiger partial charge in [-0.15, -0.1) is 0 Å². The Kier molecular flexibility index (Phi) is 5.94. The van der Waals surface area contributed by atoms with Crippen LogP contribution < -0.4 is 15.0 Å². The summed E-state index contributed by atoms with van der Waals surface area (Å²) in [5.74, 6) is 0.810. The largest absolute Gasteiger partial charge is 0.495 e. The molecule has 0 saturated carbocycles. The van der Waals surface area contributed by atoms with Crippen LogP contribution in [0.5, 0.6) is 5.75 Å². The van der Waals surface area contributed by atoms with Crippen molar-refractivity contribution in [2.24, 2.45) is 0 Å². The van der Waals surface area contributed by atoms with E-state index in [1.165, 1.54) is 0 Å². The van der Waals surface area contributed by atoms with E-state index in [9.17, 15) is 4.79 Å². The van der Waals surface area contributed by atoms with Crippen LogP contribution in [0.1, 0.15) is 12.5 Å². The number of nitrogens with one attached hydrogen (secondary N) is 1. The molecule has 2 aromatic carbocycles. The van der Waals surface area contributed by atoms with E-state index in [2.05, 4.69) is 27.3 Å². The number of nitriles is 1. The van der Waals surface area contributed by atoms with Gasteiger partial charge in [0.25, 0.3) is 0 Å². The van der Waals surface area contributed by atoms with E-state index in [0.717, 1.165) is 37.6 Å². The third-order valence-corrected chi connectivity index (χ3v) is 4.93. The average Bonchev–Trinajstić information content (AvgIpc) is 2.73. The van der Waals surface area contributed by atoms with Crippen molar-refractivity contribution in [1.29, 1.82) is 5.26 Å². The number of anilines is 2. The molecule has 2 aromatic rings. The Bertz CT molecular complexity index is 838. The van der Waals surface area contributed by atoms with Crippen molar-refractivity contribution in [1.82, 2.24) is 4.90 Å². The van der Waals surface area contributed by atoms with Crippen LogP contribution in [0.15, 0.2) is 48.5 Å². The molecule has 1 saturated heterocycles. The summed E-state index contributed by atoms with van der Waals surface area (Å²) in [5.41, 5.74) is 2.27. The lowest BCUT2D eigenvalue weighted by molar-refractivity contribution is -0.120. The molecule has 1 aliphatic rings. The Hall–Kier alpha value is -3.04. The first-order valence-corrected chi connectivity index (χ1v) is 9.05. The standard InChI is InChI=1S/C21H24N4O2/c1-16(21(26)23-18-7-5-6-17(14-18)15-22)24-10-12-25(13-11-24)19-8-3-4-9-20(19)27-2/h3-9,14,16H,10-13H2,1-2H3,(H,23,26). The first-order valence-electron chi connectivity index (χ1n) is 9.05. The fourth-order valence-electron chi connectivity index (χ4n) is 3.32. The van der Waals surface area contributed by atoms with E-state index in [1.807, 2.05) is 25.1 Å². The normalized spacial score (nSPS) is 15.7. The zero-order chi connectivity index (χ0) is 19.2. The number of para-hydroxylation sites is 2. The molecular formula is C21H24N4O2. The summed E-state index contributed by atoms with van der Waals surface area (Å²) in [6.07, 6.45) is 0. The SMILES string of the molecule is COc1ccccc1N1CCN(C(C)C(=O)Nc2cccc(C#N)c2)CC1. The van der Waals surface area contributed by atoms with Gasteiger partial charge in [0.1, 0.15) is 5.75 Å². The minimum Gasteiger partial charge on any atom is -0.495 e. The Balaban J connectivity index is 1.58. The van der Waals surface area contributed by atoms with Crippen molar-refractivity contribution in [3.8, 4) is 11.8 Å². The highest BCUT2D eigenvalue weighted by molar-refractivity contribution is 5.94. The lowest BCUT2D eigenvalue weighted by Gasteiger charge is -2.38. The summed E-state index contributed by atoms with van der Waals surface area (Å²) < 4.78 is 5.45. The smallest absolute Gasteiger partial charge is 0.241 e. The van der Waals surface area contributed by atoms with Crippen LogP contribution in [0.3, 0.4) is 0 Å². The number of carbonyl (C=O) groups is 1. The summed E-state index contributed by atoms with van der Waals surface area (Å²) in [6.45, 7) is 5.18. The summed E-state index contributed by atoms with van der Waals surface area (Å²) in [7, 11) is 1.68. The van der Waals surface area contributed by atoms with Gasteiger partial charge in [0.2, 0.25) is 5.91 Å². The lowest BCUT2D eigenvalue weighted by Crippen LogP contribution is -2.52. The van der Waals surface area contributed by atoms with E-state index < -0.39 is 0 Å². The number of rotatable bonds is 5. The summed E-state index contributed by atoms with van der Waals surface area (Å²) in [5, 5.41) is 11.9. The minimum atomic E-state index is -0.240. The zero-order valence-corrected chi connectivity index (χ0v) is 15.7. The number of hydrogen-bond donors (Lipinski definition) is 1. The van der Waals surface area contributed by atoms with Gasteiger partial charge in [-0.1, -0.05) is 18.2 Å². The number of carbonyl (C=O) groups excluding carboxylic acids is 1. The monoisotopic (exact) mass is 364 g/mol. The maximum Gasteiger partial charge on any atom is 0.241 e. The first kappa shape index (κ1) is 18.7. The van der Waals surface area contributed by atoms with Crippen molar-refractivity contribution < 1.29 is 9.53 Å². The molecule has 6 heteroatoms. The number of hydrogen-bond acceptors (Lipinski definition) is 5. The number of ether oxygens (including phenoxy) is 1. The van der Waals surface area contributed by atoms with Gasteiger partial charge in [0.15, 0.2) is 0 Å². The second-order valence-corrected chi connectivity index (χ2v) is 6.55. The molecule has 1 aliphatic heterocycles. The van der Waals surface area contributed by atoms with Crippen molar-refractivity contribution in [3.05, 3.63) is 54.1 Å². The Morgan fingerprint density at radius 3 is 2.59 bits per heavy atom. The summed E-state index contributed by atoms with van der Waals surface area (Å²) in [4.78, 5) is 17.1. The number of amides is 1. The van der Waals surface area contributed by atoms with Gasteiger partial charge in [-0.2, -0.15) is 5.26 Å². The maximum absolute atomic E-state index is 12.6. The molecule has 1 heterocycles. The van der Waals surface area contributed by atoms with E-state index in [1.54, 1.807) is 31.4 Å². The van der Waals surface area contributed by atoms with Crippen molar-refractivity contribution in [2.45, 2.75) is 13.0 Å². The number of piperazine rings is 1. The van der Waals surface area contributed by atoms with Crippen molar-refractivity contribution in [2.75, 3.05) is 43.5 Å². The molecule has 0 radical (unpaired) electrons. The molecule has 6 nitrogen and oxygen atoms in total. The Morgan fingerprint density at radius 1 is 1.15 bits per heavy atom. The zero-order valence-electron chi connectivity index (χ0n) is 15.7. The van der Waals surface area contributed by atoms with E-state index in [4.69, 9.17) is 10.00 Å². The minimum absolute atomic E-state index is 0.0594. The first-order chi connectivity index (χ1) is 13.1. The highest BCUT2D eigenvalue weighted by atomic mass is 16.5. The molecule has 1 N–H and O–H groups in total. The molecule has 0 aromatic heterocycles. The molecule has 140 valence electrons. The fourth-order valence-corrected chi connectivity index (χ4v) is 3.32. The number of nitrogens with zero attached hydrogens (tertiary/aromatic N) is 3. The molecule has 0 aliphatic carbocycles. The molecular weight excluding hydrogens is 340 g/mol. The van der Waals surface area contributed by atoms with Gasteiger partial charge < -0.3 is 15.0 Å². The Labute approximate surface area is 160 Å². The quantitative estimate of drug-likeness (QED) is 0.883. The predicted octanol–water partition coefficient (Wildman–Crippen LogP) is 2.72. The van der Waals surface area contributed by atoms with Crippen molar-refractivity contribution in [3.63, 3.8) is 0 Å².